The smallest absolute Gasteiger partial charge is 0.194 e. The van der Waals surface area contributed by atoms with Gasteiger partial charge < -0.3 is 4.74 Å². The Morgan fingerprint density at radius 2 is 1.73 bits per heavy atom. The Balaban J connectivity index is 2.22. The van der Waals surface area contributed by atoms with E-state index in [2.05, 4.69) is 31.2 Å². The molecule has 0 unspecified atom stereocenters. The van der Waals surface area contributed by atoms with Crippen LogP contribution in [0.25, 0.3) is 0 Å². The standard InChI is InChI=1S/C18H23Cl3O/c1-15(7-6-8-16(2)13-18(19,20)21)11-12-22-14-17-9-4-3-5-10-17/h3-5,8-11H,6-7,12-14H2,1-2H3/b15-11+,16-8+. The van der Waals surface area contributed by atoms with Crippen molar-refractivity contribution < 1.29 is 4.74 Å². The summed E-state index contributed by atoms with van der Waals surface area (Å²) in [6.07, 6.45) is 6.67. The van der Waals surface area contributed by atoms with Crippen LogP contribution in [0, 0.1) is 0 Å². The lowest BCUT2D eigenvalue weighted by molar-refractivity contribution is 0.148. The second-order valence-corrected chi connectivity index (χ2v) is 7.95. The number of ether oxygens (including phenoxy) is 1. The SMILES string of the molecule is C/C(=C\COCc1ccccc1)CC/C=C(\C)CC(Cl)(Cl)Cl. The van der Waals surface area contributed by atoms with Crippen LogP contribution in [0.5, 0.6) is 0 Å². The highest BCUT2D eigenvalue weighted by atomic mass is 35.6. The summed E-state index contributed by atoms with van der Waals surface area (Å²) in [5.41, 5.74) is 3.61. The Bertz CT molecular complexity index is 487. The molecule has 0 aliphatic rings. The van der Waals surface area contributed by atoms with Gasteiger partial charge in [-0.3, -0.25) is 0 Å². The molecular formula is C18H23Cl3O. The molecule has 0 heterocycles. The highest BCUT2D eigenvalue weighted by molar-refractivity contribution is 6.67. The lowest BCUT2D eigenvalue weighted by Crippen LogP contribution is -2.01. The molecule has 0 atom stereocenters. The van der Waals surface area contributed by atoms with Gasteiger partial charge in [-0.05, 0) is 32.3 Å². The van der Waals surface area contributed by atoms with Crippen molar-refractivity contribution in [2.24, 2.45) is 0 Å². The number of benzene rings is 1. The molecule has 0 saturated carbocycles. The fourth-order valence-electron chi connectivity index (χ4n) is 1.99. The van der Waals surface area contributed by atoms with E-state index in [1.165, 1.54) is 11.1 Å². The molecule has 22 heavy (non-hydrogen) atoms. The minimum absolute atomic E-state index is 0.473. The second-order valence-electron chi connectivity index (χ2n) is 5.43. The van der Waals surface area contributed by atoms with Crippen LogP contribution >= 0.6 is 34.8 Å². The summed E-state index contributed by atoms with van der Waals surface area (Å²) >= 11 is 17.3. The molecule has 0 N–H and O–H groups in total. The molecule has 0 aliphatic carbocycles. The first-order valence-corrected chi connectivity index (χ1v) is 8.50. The van der Waals surface area contributed by atoms with E-state index < -0.39 is 3.79 Å². The average molecular weight is 362 g/mol. The largest absolute Gasteiger partial charge is 0.373 e. The molecule has 0 saturated heterocycles. The van der Waals surface area contributed by atoms with Crippen molar-refractivity contribution in [3.63, 3.8) is 0 Å². The summed E-state index contributed by atoms with van der Waals surface area (Å²) in [4.78, 5) is 0. The summed E-state index contributed by atoms with van der Waals surface area (Å²) in [5.74, 6) is 0. The Hall–Kier alpha value is -0.470. The number of rotatable bonds is 8. The van der Waals surface area contributed by atoms with E-state index in [4.69, 9.17) is 39.5 Å². The fourth-order valence-corrected chi connectivity index (χ4v) is 2.62. The molecule has 0 aliphatic heterocycles. The molecule has 0 fully saturated rings. The predicted molar refractivity (Wildman–Crippen MR) is 97.8 cm³/mol. The first-order valence-electron chi connectivity index (χ1n) is 7.36. The molecule has 4 heteroatoms. The Labute approximate surface area is 148 Å². The molecule has 122 valence electrons. The van der Waals surface area contributed by atoms with Crippen LogP contribution in [-0.2, 0) is 11.3 Å². The Morgan fingerprint density at radius 3 is 2.36 bits per heavy atom. The van der Waals surface area contributed by atoms with Crippen LogP contribution in [0.1, 0.15) is 38.7 Å². The van der Waals surface area contributed by atoms with E-state index in [9.17, 15) is 0 Å². The molecule has 0 radical (unpaired) electrons. The van der Waals surface area contributed by atoms with Crippen LogP contribution in [0.15, 0.2) is 53.6 Å². The summed E-state index contributed by atoms with van der Waals surface area (Å²) in [7, 11) is 0. The van der Waals surface area contributed by atoms with Crippen LogP contribution in [-0.4, -0.2) is 10.4 Å². The van der Waals surface area contributed by atoms with Crippen molar-refractivity contribution in [2.75, 3.05) is 6.61 Å². The normalized spacial score (nSPS) is 13.5. The van der Waals surface area contributed by atoms with Gasteiger partial charge in [-0.1, -0.05) is 88.4 Å². The minimum Gasteiger partial charge on any atom is -0.373 e. The molecule has 0 spiro atoms. The van der Waals surface area contributed by atoms with Gasteiger partial charge in [-0.2, -0.15) is 0 Å². The van der Waals surface area contributed by atoms with E-state index in [1.54, 1.807) is 0 Å². The highest BCUT2D eigenvalue weighted by Crippen LogP contribution is 2.33. The van der Waals surface area contributed by atoms with Gasteiger partial charge in [0.15, 0.2) is 3.79 Å². The third-order valence-electron chi connectivity index (χ3n) is 3.17. The topological polar surface area (TPSA) is 9.23 Å². The van der Waals surface area contributed by atoms with Crippen LogP contribution < -0.4 is 0 Å². The number of hydrogen-bond acceptors (Lipinski definition) is 1. The summed E-state index contributed by atoms with van der Waals surface area (Å²) in [5, 5.41) is 0. The average Bonchev–Trinajstić information content (AvgIpc) is 2.43. The second kappa shape index (κ2) is 10.3. The fraction of sp³-hybridized carbons (Fsp3) is 0.444. The Morgan fingerprint density at radius 1 is 1.05 bits per heavy atom. The van der Waals surface area contributed by atoms with Gasteiger partial charge in [0.1, 0.15) is 0 Å². The highest BCUT2D eigenvalue weighted by Gasteiger charge is 2.19. The van der Waals surface area contributed by atoms with Gasteiger partial charge in [0, 0.05) is 6.42 Å². The molecular weight excluding hydrogens is 339 g/mol. The number of alkyl halides is 3. The van der Waals surface area contributed by atoms with Gasteiger partial charge in [0.25, 0.3) is 0 Å². The maximum absolute atomic E-state index is 5.77. The van der Waals surface area contributed by atoms with Crippen LogP contribution in [0.2, 0.25) is 0 Å². The third-order valence-corrected chi connectivity index (χ3v) is 3.57. The zero-order valence-electron chi connectivity index (χ0n) is 13.1. The quantitative estimate of drug-likeness (QED) is 0.286. The van der Waals surface area contributed by atoms with Crippen molar-refractivity contribution in [3.8, 4) is 0 Å². The van der Waals surface area contributed by atoms with E-state index in [0.717, 1.165) is 18.4 Å². The molecule has 0 amide bonds. The number of allylic oxidation sites excluding steroid dienone is 3. The lowest BCUT2D eigenvalue weighted by atomic mass is 10.1. The van der Waals surface area contributed by atoms with Gasteiger partial charge in [-0.25, -0.2) is 0 Å². The van der Waals surface area contributed by atoms with Gasteiger partial charge in [0.2, 0.25) is 0 Å². The van der Waals surface area contributed by atoms with Crippen molar-refractivity contribution in [1.82, 2.24) is 0 Å². The zero-order chi connectivity index (χ0) is 16.4. The molecule has 1 aromatic carbocycles. The zero-order valence-corrected chi connectivity index (χ0v) is 15.4. The summed E-state index contributed by atoms with van der Waals surface area (Å²) < 4.78 is 4.44. The predicted octanol–water partition coefficient (Wildman–Crippen LogP) is 6.64. The first-order chi connectivity index (χ1) is 10.4. The van der Waals surface area contributed by atoms with E-state index in [0.29, 0.717) is 19.6 Å². The monoisotopic (exact) mass is 360 g/mol. The maximum atomic E-state index is 5.77. The van der Waals surface area contributed by atoms with E-state index >= 15 is 0 Å². The molecule has 0 bridgehead atoms. The van der Waals surface area contributed by atoms with Crippen molar-refractivity contribution in [1.29, 1.82) is 0 Å². The van der Waals surface area contributed by atoms with Crippen molar-refractivity contribution >= 4 is 34.8 Å². The summed E-state index contributed by atoms with van der Waals surface area (Å²) in [6, 6.07) is 10.2. The number of halogens is 3. The third kappa shape index (κ3) is 10.3. The van der Waals surface area contributed by atoms with E-state index in [-0.39, 0.29) is 0 Å². The van der Waals surface area contributed by atoms with Crippen LogP contribution in [0.4, 0.5) is 0 Å². The van der Waals surface area contributed by atoms with Gasteiger partial charge >= 0.3 is 0 Å². The summed E-state index contributed by atoms with van der Waals surface area (Å²) in [6.45, 7) is 5.39. The molecule has 0 aromatic heterocycles. The Kier molecular flexibility index (Phi) is 9.19. The molecule has 1 aromatic rings. The first kappa shape index (κ1) is 19.6. The van der Waals surface area contributed by atoms with Crippen LogP contribution in [0.3, 0.4) is 0 Å². The van der Waals surface area contributed by atoms with Crippen molar-refractivity contribution in [3.05, 3.63) is 59.2 Å². The maximum Gasteiger partial charge on any atom is 0.194 e. The lowest BCUT2D eigenvalue weighted by Gasteiger charge is -2.10. The van der Waals surface area contributed by atoms with Crippen molar-refractivity contribution in [2.45, 2.75) is 43.5 Å². The van der Waals surface area contributed by atoms with Gasteiger partial charge in [-0.15, -0.1) is 0 Å². The molecule has 1 nitrogen and oxygen atoms in total. The number of hydrogen-bond donors (Lipinski definition) is 0. The van der Waals surface area contributed by atoms with Gasteiger partial charge in [0.05, 0.1) is 13.2 Å². The van der Waals surface area contributed by atoms with E-state index in [1.807, 2.05) is 25.1 Å². The molecule has 1 rings (SSSR count). The minimum atomic E-state index is -1.20.